The number of hydrogen-bond acceptors (Lipinski definition) is 5. The molecule has 3 aromatic rings. The minimum absolute atomic E-state index is 0.183. The molecule has 7 nitrogen and oxygen atoms in total. The lowest BCUT2D eigenvalue weighted by Gasteiger charge is -2.17. The maximum atomic E-state index is 12.3. The predicted molar refractivity (Wildman–Crippen MR) is 114 cm³/mol. The maximum Gasteiger partial charge on any atom is 0.335 e. The molecule has 0 aliphatic carbocycles. The van der Waals surface area contributed by atoms with Crippen molar-refractivity contribution in [1.29, 1.82) is 0 Å². The second-order valence-corrected chi connectivity index (χ2v) is 7.03. The summed E-state index contributed by atoms with van der Waals surface area (Å²) in [5.74, 6) is -0.347. The van der Waals surface area contributed by atoms with Crippen LogP contribution in [0.3, 0.4) is 0 Å². The maximum absolute atomic E-state index is 12.3. The molecule has 1 fully saturated rings. The summed E-state index contributed by atoms with van der Waals surface area (Å²) in [5, 5.41) is 13.0. The highest BCUT2D eigenvalue weighted by Gasteiger charge is 2.13. The SMILES string of the molecule is O=C(O)c1cccc(-c2ccc(/C=N/NC(=O)c3ccc(N4CCCC4)cc3)o2)c1. The van der Waals surface area contributed by atoms with Crippen molar-refractivity contribution in [2.24, 2.45) is 5.10 Å². The molecule has 1 aliphatic heterocycles. The second kappa shape index (κ2) is 8.65. The third-order valence-corrected chi connectivity index (χ3v) is 4.98. The molecule has 2 N–H and O–H groups in total. The lowest BCUT2D eigenvalue weighted by Crippen LogP contribution is -2.19. The number of benzene rings is 2. The van der Waals surface area contributed by atoms with Crippen molar-refractivity contribution in [3.8, 4) is 11.3 Å². The molecular weight excluding hydrogens is 382 g/mol. The summed E-state index contributed by atoms with van der Waals surface area (Å²) in [5.41, 5.74) is 4.98. The van der Waals surface area contributed by atoms with Crippen LogP contribution >= 0.6 is 0 Å². The zero-order valence-electron chi connectivity index (χ0n) is 16.2. The average Bonchev–Trinajstić information content (AvgIpc) is 3.46. The Labute approximate surface area is 173 Å². The summed E-state index contributed by atoms with van der Waals surface area (Å²) < 4.78 is 5.67. The number of nitrogens with zero attached hydrogens (tertiary/aromatic N) is 2. The van der Waals surface area contributed by atoms with Gasteiger partial charge in [0.2, 0.25) is 0 Å². The molecule has 30 heavy (non-hydrogen) atoms. The molecule has 1 amide bonds. The van der Waals surface area contributed by atoms with Crippen LogP contribution in [0.1, 0.15) is 39.3 Å². The first-order valence-corrected chi connectivity index (χ1v) is 9.72. The van der Waals surface area contributed by atoms with Crippen LogP contribution in [-0.4, -0.2) is 36.3 Å². The number of aromatic carboxylic acids is 1. The zero-order valence-corrected chi connectivity index (χ0v) is 16.2. The van der Waals surface area contributed by atoms with Gasteiger partial charge in [0.15, 0.2) is 0 Å². The number of carbonyl (C=O) groups is 2. The molecule has 2 heterocycles. The van der Waals surface area contributed by atoms with Gasteiger partial charge in [0, 0.05) is 29.9 Å². The number of carboxylic acid groups (broad SMARTS) is 1. The monoisotopic (exact) mass is 403 g/mol. The normalized spacial score (nSPS) is 13.7. The number of hydrogen-bond donors (Lipinski definition) is 2. The standard InChI is InChI=1S/C23H21N3O4/c27-22(16-6-8-19(9-7-16)26-12-1-2-13-26)25-24-15-20-10-11-21(30-20)17-4-3-5-18(14-17)23(28)29/h3-11,14-15H,1-2,12-13H2,(H,25,27)(H,28,29)/b24-15+. The largest absolute Gasteiger partial charge is 0.478 e. The van der Waals surface area contributed by atoms with Gasteiger partial charge in [0.25, 0.3) is 5.91 Å². The van der Waals surface area contributed by atoms with E-state index in [4.69, 9.17) is 9.52 Å². The van der Waals surface area contributed by atoms with Gasteiger partial charge in [0.1, 0.15) is 11.5 Å². The smallest absolute Gasteiger partial charge is 0.335 e. The Morgan fingerprint density at radius 2 is 1.77 bits per heavy atom. The van der Waals surface area contributed by atoms with Gasteiger partial charge in [-0.3, -0.25) is 4.79 Å². The Morgan fingerprint density at radius 1 is 1.00 bits per heavy atom. The van der Waals surface area contributed by atoms with Crippen LogP contribution in [0.5, 0.6) is 0 Å². The molecule has 1 saturated heterocycles. The molecule has 0 bridgehead atoms. The molecule has 1 aromatic heterocycles. The van der Waals surface area contributed by atoms with Crippen molar-refractivity contribution in [2.45, 2.75) is 12.8 Å². The summed E-state index contributed by atoms with van der Waals surface area (Å²) in [6.07, 6.45) is 3.81. The average molecular weight is 403 g/mol. The van der Waals surface area contributed by atoms with Crippen molar-refractivity contribution in [1.82, 2.24) is 5.43 Å². The van der Waals surface area contributed by atoms with Crippen molar-refractivity contribution in [2.75, 3.05) is 18.0 Å². The quantitative estimate of drug-likeness (QED) is 0.479. The molecule has 7 heteroatoms. The van der Waals surface area contributed by atoms with E-state index in [0.29, 0.717) is 22.6 Å². The molecule has 1 aliphatic rings. The summed E-state index contributed by atoms with van der Waals surface area (Å²) in [4.78, 5) is 25.7. The number of nitrogens with one attached hydrogen (secondary N) is 1. The minimum atomic E-state index is -0.999. The van der Waals surface area contributed by atoms with Crippen molar-refractivity contribution in [3.05, 3.63) is 77.6 Å². The van der Waals surface area contributed by atoms with E-state index >= 15 is 0 Å². The summed E-state index contributed by atoms with van der Waals surface area (Å²) >= 11 is 0. The van der Waals surface area contributed by atoms with E-state index in [2.05, 4.69) is 15.4 Å². The number of anilines is 1. The first-order valence-electron chi connectivity index (χ1n) is 9.72. The first kappa shape index (κ1) is 19.4. The van der Waals surface area contributed by atoms with Gasteiger partial charge < -0.3 is 14.4 Å². The van der Waals surface area contributed by atoms with Gasteiger partial charge in [-0.2, -0.15) is 5.10 Å². The van der Waals surface area contributed by atoms with Crippen LogP contribution in [0.15, 0.2) is 70.2 Å². The lowest BCUT2D eigenvalue weighted by molar-refractivity contribution is 0.0696. The van der Waals surface area contributed by atoms with Crippen LogP contribution in [0, 0.1) is 0 Å². The molecule has 2 aromatic carbocycles. The lowest BCUT2D eigenvalue weighted by atomic mass is 10.1. The molecule has 0 unspecified atom stereocenters. The Balaban J connectivity index is 1.37. The Hall–Kier alpha value is -3.87. The van der Waals surface area contributed by atoms with Gasteiger partial charge in [-0.05, 0) is 61.4 Å². The van der Waals surface area contributed by atoms with E-state index in [0.717, 1.165) is 18.8 Å². The van der Waals surface area contributed by atoms with Crippen LogP contribution in [0.25, 0.3) is 11.3 Å². The second-order valence-electron chi connectivity index (χ2n) is 7.03. The third-order valence-electron chi connectivity index (χ3n) is 4.98. The number of rotatable bonds is 6. The molecular formula is C23H21N3O4. The van der Waals surface area contributed by atoms with Crippen molar-refractivity contribution >= 4 is 23.8 Å². The van der Waals surface area contributed by atoms with Gasteiger partial charge in [-0.15, -0.1) is 0 Å². The van der Waals surface area contributed by atoms with E-state index in [-0.39, 0.29) is 11.5 Å². The van der Waals surface area contributed by atoms with Crippen LogP contribution in [0.4, 0.5) is 5.69 Å². The Kier molecular flexibility index (Phi) is 5.61. The molecule has 0 radical (unpaired) electrons. The highest BCUT2D eigenvalue weighted by atomic mass is 16.4. The molecule has 0 spiro atoms. The fraction of sp³-hybridized carbons (Fsp3) is 0.174. The summed E-state index contributed by atoms with van der Waals surface area (Å²) in [6.45, 7) is 2.11. The van der Waals surface area contributed by atoms with E-state index < -0.39 is 5.97 Å². The number of carboxylic acids is 1. The number of furan rings is 1. The molecule has 152 valence electrons. The van der Waals surface area contributed by atoms with Gasteiger partial charge >= 0.3 is 5.97 Å². The van der Waals surface area contributed by atoms with Crippen molar-refractivity contribution < 1.29 is 19.1 Å². The molecule has 0 atom stereocenters. The van der Waals surface area contributed by atoms with E-state index in [1.807, 2.05) is 12.1 Å². The van der Waals surface area contributed by atoms with E-state index in [1.54, 1.807) is 36.4 Å². The van der Waals surface area contributed by atoms with Crippen molar-refractivity contribution in [3.63, 3.8) is 0 Å². The van der Waals surface area contributed by atoms with Crippen LogP contribution < -0.4 is 10.3 Å². The predicted octanol–water partition coefficient (Wildman–Crippen LogP) is 4.01. The van der Waals surface area contributed by atoms with E-state index in [1.165, 1.54) is 31.2 Å². The summed E-state index contributed by atoms with van der Waals surface area (Å²) in [7, 11) is 0. The van der Waals surface area contributed by atoms with E-state index in [9.17, 15) is 9.59 Å². The zero-order chi connectivity index (χ0) is 20.9. The number of hydrazone groups is 1. The summed E-state index contributed by atoms with van der Waals surface area (Å²) in [6, 6.07) is 17.4. The van der Waals surface area contributed by atoms with Gasteiger partial charge in [0.05, 0.1) is 11.8 Å². The fourth-order valence-corrected chi connectivity index (χ4v) is 3.40. The third kappa shape index (κ3) is 4.41. The molecule has 0 saturated carbocycles. The minimum Gasteiger partial charge on any atom is -0.478 e. The highest BCUT2D eigenvalue weighted by molar-refractivity contribution is 5.95. The Morgan fingerprint density at radius 3 is 2.50 bits per heavy atom. The van der Waals surface area contributed by atoms with Gasteiger partial charge in [-0.1, -0.05) is 12.1 Å². The molecule has 4 rings (SSSR count). The number of carbonyl (C=O) groups excluding carboxylic acids is 1. The van der Waals surface area contributed by atoms with Crippen LogP contribution in [0.2, 0.25) is 0 Å². The highest BCUT2D eigenvalue weighted by Crippen LogP contribution is 2.23. The van der Waals surface area contributed by atoms with Gasteiger partial charge in [-0.25, -0.2) is 10.2 Å². The first-order chi connectivity index (χ1) is 14.6. The Bertz CT molecular complexity index is 1080. The fourth-order valence-electron chi connectivity index (χ4n) is 3.40. The number of amides is 1. The van der Waals surface area contributed by atoms with Crippen LogP contribution in [-0.2, 0) is 0 Å². The topological polar surface area (TPSA) is 95.1 Å².